The SMILES string of the molecule is CCCCCCCCCCCCCCCCOCCOCCOCCOCCOCCOCCOCCOCCOc1ccc(C=O)cc1. The first-order valence-corrected chi connectivity index (χ1v) is 19.2. The standard InChI is InChI=1S/C39H70O10/c1-2-3-4-5-6-7-8-9-10-11-12-13-14-15-20-41-21-22-42-23-24-43-25-26-44-27-28-45-29-30-46-31-32-47-33-34-48-35-36-49-39-18-16-38(37-40)17-19-39/h16-19,37H,2-15,20-36H2,1H3. The van der Waals surface area contributed by atoms with Crippen LogP contribution in [0, 0.1) is 0 Å². The van der Waals surface area contributed by atoms with E-state index in [1.165, 1.54) is 83.5 Å². The molecule has 0 saturated carbocycles. The molecule has 0 aliphatic carbocycles. The highest BCUT2D eigenvalue weighted by Gasteiger charge is 1.98. The molecule has 1 aromatic carbocycles. The molecule has 0 fully saturated rings. The summed E-state index contributed by atoms with van der Waals surface area (Å²) in [6.07, 6.45) is 20.0. The van der Waals surface area contributed by atoms with Gasteiger partial charge < -0.3 is 42.6 Å². The van der Waals surface area contributed by atoms with Crippen LogP contribution in [-0.4, -0.2) is 119 Å². The molecule has 0 amide bonds. The van der Waals surface area contributed by atoms with Gasteiger partial charge in [0.05, 0.1) is 99.1 Å². The van der Waals surface area contributed by atoms with Crippen LogP contribution in [0.1, 0.15) is 107 Å². The fourth-order valence-electron chi connectivity index (χ4n) is 4.90. The summed E-state index contributed by atoms with van der Waals surface area (Å²) in [4.78, 5) is 10.6. The van der Waals surface area contributed by atoms with E-state index in [4.69, 9.17) is 42.6 Å². The highest BCUT2D eigenvalue weighted by molar-refractivity contribution is 5.74. The van der Waals surface area contributed by atoms with Crippen LogP contribution in [0.15, 0.2) is 24.3 Å². The summed E-state index contributed by atoms with van der Waals surface area (Å²) in [7, 11) is 0. The zero-order valence-electron chi connectivity index (χ0n) is 30.9. The molecule has 49 heavy (non-hydrogen) atoms. The predicted octanol–water partition coefficient (Wildman–Crippen LogP) is 7.49. The van der Waals surface area contributed by atoms with Crippen molar-refractivity contribution in [2.75, 3.05) is 112 Å². The molecule has 1 rings (SSSR count). The maximum Gasteiger partial charge on any atom is 0.150 e. The molecule has 0 unspecified atom stereocenters. The second-order valence-corrected chi connectivity index (χ2v) is 12.0. The van der Waals surface area contributed by atoms with Crippen molar-refractivity contribution in [1.29, 1.82) is 0 Å². The number of rotatable bonds is 41. The summed E-state index contributed by atoms with van der Waals surface area (Å²) < 4.78 is 49.8. The molecule has 0 N–H and O–H groups in total. The quantitative estimate of drug-likeness (QED) is 0.0505. The summed E-state index contributed by atoms with van der Waals surface area (Å²) >= 11 is 0. The number of carbonyl (C=O) groups excluding carboxylic acids is 1. The Morgan fingerprint density at radius 2 is 0.653 bits per heavy atom. The van der Waals surface area contributed by atoms with E-state index < -0.39 is 0 Å². The third kappa shape index (κ3) is 34.6. The molecule has 10 heteroatoms. The second-order valence-electron chi connectivity index (χ2n) is 12.0. The van der Waals surface area contributed by atoms with Crippen molar-refractivity contribution in [2.24, 2.45) is 0 Å². The van der Waals surface area contributed by atoms with E-state index in [0.717, 1.165) is 19.3 Å². The molecule has 0 radical (unpaired) electrons. The van der Waals surface area contributed by atoms with Crippen LogP contribution < -0.4 is 4.74 Å². The fourth-order valence-corrected chi connectivity index (χ4v) is 4.90. The van der Waals surface area contributed by atoms with Gasteiger partial charge in [-0.3, -0.25) is 4.79 Å². The summed E-state index contributed by atoms with van der Waals surface area (Å²) in [6.45, 7) is 11.6. The number of benzene rings is 1. The summed E-state index contributed by atoms with van der Waals surface area (Å²) in [5, 5.41) is 0. The highest BCUT2D eigenvalue weighted by atomic mass is 16.6. The van der Waals surface area contributed by atoms with E-state index >= 15 is 0 Å². The van der Waals surface area contributed by atoms with Gasteiger partial charge in [-0.2, -0.15) is 0 Å². The Bertz CT molecular complexity index is 780. The van der Waals surface area contributed by atoms with E-state index in [0.29, 0.717) is 117 Å². The minimum atomic E-state index is 0.438. The highest BCUT2D eigenvalue weighted by Crippen LogP contribution is 2.13. The minimum absolute atomic E-state index is 0.438. The molecule has 286 valence electrons. The molecule has 0 spiro atoms. The van der Waals surface area contributed by atoms with Gasteiger partial charge in [0.2, 0.25) is 0 Å². The lowest BCUT2D eigenvalue weighted by Crippen LogP contribution is -2.15. The van der Waals surface area contributed by atoms with Crippen molar-refractivity contribution >= 4 is 6.29 Å². The Morgan fingerprint density at radius 1 is 0.367 bits per heavy atom. The summed E-state index contributed by atoms with van der Waals surface area (Å²) in [6, 6.07) is 6.96. The van der Waals surface area contributed by atoms with Crippen molar-refractivity contribution in [2.45, 2.75) is 96.8 Å². The van der Waals surface area contributed by atoms with Crippen LogP contribution >= 0.6 is 0 Å². The van der Waals surface area contributed by atoms with E-state index in [2.05, 4.69) is 6.92 Å². The fraction of sp³-hybridized carbons (Fsp3) is 0.821. The maximum atomic E-state index is 10.6. The van der Waals surface area contributed by atoms with Gasteiger partial charge in [0, 0.05) is 12.2 Å². The molecule has 0 atom stereocenters. The summed E-state index contributed by atoms with van der Waals surface area (Å²) in [5.74, 6) is 0.711. The van der Waals surface area contributed by atoms with Crippen molar-refractivity contribution in [3.8, 4) is 5.75 Å². The van der Waals surface area contributed by atoms with Crippen LogP contribution in [0.3, 0.4) is 0 Å². The van der Waals surface area contributed by atoms with Crippen molar-refractivity contribution in [3.63, 3.8) is 0 Å². The molecule has 0 saturated heterocycles. The van der Waals surface area contributed by atoms with Gasteiger partial charge in [0.15, 0.2) is 0 Å². The topological polar surface area (TPSA) is 100 Å². The van der Waals surface area contributed by atoms with Crippen molar-refractivity contribution in [3.05, 3.63) is 29.8 Å². The lowest BCUT2D eigenvalue weighted by Gasteiger charge is -2.09. The minimum Gasteiger partial charge on any atom is -0.491 e. The zero-order chi connectivity index (χ0) is 35.0. The molecule has 1 aromatic rings. The molecule has 0 heterocycles. The van der Waals surface area contributed by atoms with Crippen LogP contribution in [0.2, 0.25) is 0 Å². The number of hydrogen-bond donors (Lipinski definition) is 0. The molecular weight excluding hydrogens is 628 g/mol. The van der Waals surface area contributed by atoms with Crippen LogP contribution in [-0.2, 0) is 37.9 Å². The van der Waals surface area contributed by atoms with Gasteiger partial charge in [-0.15, -0.1) is 0 Å². The number of aldehydes is 1. The smallest absolute Gasteiger partial charge is 0.150 e. The predicted molar refractivity (Wildman–Crippen MR) is 194 cm³/mol. The van der Waals surface area contributed by atoms with E-state index in [1.807, 2.05) is 0 Å². The first-order chi connectivity index (χ1) is 24.4. The van der Waals surface area contributed by atoms with Crippen LogP contribution in [0.5, 0.6) is 5.75 Å². The van der Waals surface area contributed by atoms with Gasteiger partial charge >= 0.3 is 0 Å². The van der Waals surface area contributed by atoms with E-state index in [9.17, 15) is 4.79 Å². The number of unbranched alkanes of at least 4 members (excludes halogenated alkanes) is 13. The lowest BCUT2D eigenvalue weighted by atomic mass is 10.0. The third-order valence-electron chi connectivity index (χ3n) is 7.76. The normalized spacial score (nSPS) is 11.4. The Morgan fingerprint density at radius 3 is 0.980 bits per heavy atom. The Balaban J connectivity index is 1.62. The number of carbonyl (C=O) groups is 1. The largest absolute Gasteiger partial charge is 0.491 e. The van der Waals surface area contributed by atoms with Gasteiger partial charge in [-0.1, -0.05) is 90.4 Å². The molecular formula is C39H70O10. The lowest BCUT2D eigenvalue weighted by molar-refractivity contribution is -0.0236. The third-order valence-corrected chi connectivity index (χ3v) is 7.76. The maximum absolute atomic E-state index is 10.6. The van der Waals surface area contributed by atoms with Gasteiger partial charge in [-0.25, -0.2) is 0 Å². The van der Waals surface area contributed by atoms with Gasteiger partial charge in [0.25, 0.3) is 0 Å². The zero-order valence-corrected chi connectivity index (χ0v) is 30.9. The first kappa shape index (κ1) is 45.4. The summed E-state index contributed by atoms with van der Waals surface area (Å²) in [5.41, 5.74) is 0.624. The van der Waals surface area contributed by atoms with E-state index in [1.54, 1.807) is 24.3 Å². The monoisotopic (exact) mass is 698 g/mol. The molecule has 10 nitrogen and oxygen atoms in total. The average molecular weight is 699 g/mol. The first-order valence-electron chi connectivity index (χ1n) is 19.2. The van der Waals surface area contributed by atoms with Crippen molar-refractivity contribution in [1.82, 2.24) is 0 Å². The Kier molecular flexibility index (Phi) is 36.3. The van der Waals surface area contributed by atoms with Crippen molar-refractivity contribution < 1.29 is 47.4 Å². The number of hydrogen-bond acceptors (Lipinski definition) is 10. The molecule has 0 bridgehead atoms. The Hall–Kier alpha value is -1.63. The van der Waals surface area contributed by atoms with Gasteiger partial charge in [-0.05, 0) is 30.7 Å². The molecule has 0 aliphatic rings. The second kappa shape index (κ2) is 39.2. The molecule has 0 aliphatic heterocycles. The van der Waals surface area contributed by atoms with Crippen LogP contribution in [0.25, 0.3) is 0 Å². The Labute approximate surface area is 298 Å². The number of ether oxygens (including phenoxy) is 9. The van der Waals surface area contributed by atoms with E-state index in [-0.39, 0.29) is 0 Å². The van der Waals surface area contributed by atoms with Crippen LogP contribution in [0.4, 0.5) is 0 Å². The average Bonchev–Trinajstić information content (AvgIpc) is 3.13. The molecule has 0 aromatic heterocycles. The van der Waals surface area contributed by atoms with Gasteiger partial charge in [0.1, 0.15) is 18.6 Å².